The zero-order valence-corrected chi connectivity index (χ0v) is 18.1. The van der Waals surface area contributed by atoms with E-state index < -0.39 is 0 Å². The molecule has 134 valence electrons. The topological polar surface area (TPSA) is 29.1 Å². The molecule has 0 bridgehead atoms. The summed E-state index contributed by atoms with van der Waals surface area (Å²) in [6.07, 6.45) is 3.36. The summed E-state index contributed by atoms with van der Waals surface area (Å²) >= 11 is 1.90. The molecule has 2 aromatic carbocycles. The van der Waals surface area contributed by atoms with Gasteiger partial charge in [-0.05, 0) is 37.5 Å². The third-order valence-electron chi connectivity index (χ3n) is 3.13. The average Bonchev–Trinajstić information content (AvgIpc) is 2.61. The molecule has 1 N–H and O–H groups in total. The molecular weight excluding hydrogens is 446 g/mol. The fourth-order valence-corrected chi connectivity index (χ4v) is 4.72. The number of carbonyl (C=O) groups is 1. The van der Waals surface area contributed by atoms with E-state index in [0.29, 0.717) is 0 Å². The largest absolute Gasteiger partial charge is 0.316 e. The van der Waals surface area contributed by atoms with Crippen molar-refractivity contribution >= 4 is 49.5 Å². The maximum Gasteiger partial charge on any atom is 0.106 e. The third kappa shape index (κ3) is 9.91. The van der Waals surface area contributed by atoms with Crippen LogP contribution in [0.2, 0.25) is 0 Å². The minimum Gasteiger partial charge on any atom is -0.316 e. The van der Waals surface area contributed by atoms with E-state index in [1.165, 1.54) is 22.5 Å². The Kier molecular flexibility index (Phi) is 19.0. The van der Waals surface area contributed by atoms with Gasteiger partial charge in [-0.15, -0.1) is 12.4 Å². The van der Waals surface area contributed by atoms with Gasteiger partial charge in [-0.2, -0.15) is 11.8 Å². The minimum atomic E-state index is -0.241. The quantitative estimate of drug-likeness (QED) is 0.364. The Hall–Kier alpha value is -0.237. The van der Waals surface area contributed by atoms with E-state index in [0.717, 1.165) is 13.1 Å². The van der Waals surface area contributed by atoms with E-state index in [1.54, 1.807) is 0 Å². The Bertz CT molecular complexity index is 467. The summed E-state index contributed by atoms with van der Waals surface area (Å²) in [6.45, 7) is 4.20. The molecule has 0 amide bonds. The van der Waals surface area contributed by atoms with Gasteiger partial charge in [-0.1, -0.05) is 60.7 Å². The van der Waals surface area contributed by atoms with Crippen molar-refractivity contribution in [3.8, 4) is 0 Å². The standard InChI is InChI=1S/C17H22NPS.CH2O.ClH.Ru/c1-20-15-13-18-12-14-19(16-8-4-2-5-9-16)17-10-6-3-7-11-17;1-2;;/h2-11,18H,12-15H2,1H3;1H2;1H;. The Morgan fingerprint density at radius 3 is 1.79 bits per heavy atom. The van der Waals surface area contributed by atoms with Crippen molar-refractivity contribution in [1.82, 2.24) is 5.32 Å². The number of thioether (sulfide) groups is 1. The summed E-state index contributed by atoms with van der Waals surface area (Å²) in [5.74, 6) is 1.19. The molecule has 0 heterocycles. The van der Waals surface area contributed by atoms with E-state index in [4.69, 9.17) is 4.79 Å². The van der Waals surface area contributed by atoms with Crippen molar-refractivity contribution in [2.75, 3.05) is 31.3 Å². The maximum atomic E-state index is 8.00. The number of carbonyl (C=O) groups excluding carboxylic acids is 1. The molecule has 2 aromatic rings. The Morgan fingerprint density at radius 2 is 1.38 bits per heavy atom. The summed E-state index contributed by atoms with van der Waals surface area (Å²) in [7, 11) is -0.241. The molecule has 0 aromatic heterocycles. The van der Waals surface area contributed by atoms with Crippen LogP contribution in [0.3, 0.4) is 0 Å². The molecule has 0 atom stereocenters. The van der Waals surface area contributed by atoms with Crippen LogP contribution in [0.25, 0.3) is 0 Å². The van der Waals surface area contributed by atoms with Gasteiger partial charge >= 0.3 is 0 Å². The van der Waals surface area contributed by atoms with E-state index in [2.05, 4.69) is 72.2 Å². The zero-order chi connectivity index (χ0) is 16.0. The number of halogens is 1. The van der Waals surface area contributed by atoms with Crippen LogP contribution in [0.5, 0.6) is 0 Å². The first-order valence-corrected chi connectivity index (χ1v) is 10.2. The predicted octanol–water partition coefficient (Wildman–Crippen LogP) is 3.31. The van der Waals surface area contributed by atoms with Crippen molar-refractivity contribution in [3.63, 3.8) is 0 Å². The van der Waals surface area contributed by atoms with Gasteiger partial charge in [-0.3, -0.25) is 0 Å². The molecule has 0 radical (unpaired) electrons. The van der Waals surface area contributed by atoms with E-state index in [9.17, 15) is 0 Å². The third-order valence-corrected chi connectivity index (χ3v) is 6.26. The monoisotopic (exact) mass is 471 g/mol. The fourth-order valence-electron chi connectivity index (χ4n) is 2.11. The Morgan fingerprint density at radius 1 is 0.917 bits per heavy atom. The van der Waals surface area contributed by atoms with Crippen LogP contribution in [0.1, 0.15) is 0 Å². The smallest absolute Gasteiger partial charge is 0.106 e. The van der Waals surface area contributed by atoms with Gasteiger partial charge in [0, 0.05) is 31.8 Å². The van der Waals surface area contributed by atoms with Crippen LogP contribution in [0.4, 0.5) is 0 Å². The first-order valence-electron chi connectivity index (χ1n) is 7.28. The number of nitrogens with one attached hydrogen (secondary N) is 1. The summed E-state index contributed by atoms with van der Waals surface area (Å²) in [4.78, 5) is 8.00. The molecule has 0 unspecified atom stereocenters. The summed E-state index contributed by atoms with van der Waals surface area (Å²) in [6, 6.07) is 21.8. The molecule has 0 aliphatic rings. The van der Waals surface area contributed by atoms with Gasteiger partial charge in [0.1, 0.15) is 6.79 Å². The fraction of sp³-hybridized carbons (Fsp3) is 0.278. The van der Waals surface area contributed by atoms with Gasteiger partial charge < -0.3 is 10.1 Å². The van der Waals surface area contributed by atoms with Crippen molar-refractivity contribution < 1.29 is 24.3 Å². The molecule has 0 saturated carbocycles. The number of hydrogen-bond donors (Lipinski definition) is 1. The van der Waals surface area contributed by atoms with Crippen molar-refractivity contribution in [2.24, 2.45) is 0 Å². The molecule has 0 aliphatic heterocycles. The first kappa shape index (κ1) is 26.0. The molecule has 6 heteroatoms. The van der Waals surface area contributed by atoms with Gasteiger partial charge in [0.25, 0.3) is 0 Å². The molecule has 2 nitrogen and oxygen atoms in total. The minimum absolute atomic E-state index is 0. The SMILES string of the molecule is C=O.CSCCNCCP(c1ccccc1)c1ccccc1.Cl.[Ru]. The van der Waals surface area contributed by atoms with Crippen LogP contribution in [0, 0.1) is 0 Å². The molecule has 0 saturated heterocycles. The van der Waals surface area contributed by atoms with Gasteiger partial charge in [0.2, 0.25) is 0 Å². The molecule has 2 rings (SSSR count). The number of benzene rings is 2. The van der Waals surface area contributed by atoms with Crippen LogP contribution in [0.15, 0.2) is 60.7 Å². The molecular formula is C18H25ClNOPRuS. The average molecular weight is 471 g/mol. The van der Waals surface area contributed by atoms with Crippen LogP contribution in [-0.4, -0.2) is 38.0 Å². The number of rotatable bonds is 8. The van der Waals surface area contributed by atoms with Gasteiger partial charge in [0.15, 0.2) is 0 Å². The molecule has 24 heavy (non-hydrogen) atoms. The van der Waals surface area contributed by atoms with Crippen LogP contribution in [-0.2, 0) is 24.3 Å². The summed E-state index contributed by atoms with van der Waals surface area (Å²) < 4.78 is 0. The van der Waals surface area contributed by atoms with Crippen LogP contribution >= 0.6 is 32.1 Å². The van der Waals surface area contributed by atoms with Crippen molar-refractivity contribution in [3.05, 3.63) is 60.7 Å². The molecule has 0 aliphatic carbocycles. The Labute approximate surface area is 170 Å². The van der Waals surface area contributed by atoms with Gasteiger partial charge in [-0.25, -0.2) is 0 Å². The van der Waals surface area contributed by atoms with Crippen molar-refractivity contribution in [1.29, 1.82) is 0 Å². The second-order valence-electron chi connectivity index (χ2n) is 4.57. The molecule has 0 fully saturated rings. The summed E-state index contributed by atoms with van der Waals surface area (Å²) in [5.41, 5.74) is 0. The van der Waals surface area contributed by atoms with Crippen molar-refractivity contribution in [2.45, 2.75) is 0 Å². The normalized spacial score (nSPS) is 9.25. The van der Waals surface area contributed by atoms with Crippen LogP contribution < -0.4 is 15.9 Å². The second kappa shape index (κ2) is 17.6. The maximum absolute atomic E-state index is 8.00. The summed E-state index contributed by atoms with van der Waals surface area (Å²) in [5, 5.41) is 6.50. The van der Waals surface area contributed by atoms with Gasteiger partial charge in [0.05, 0.1) is 0 Å². The molecule has 0 spiro atoms. The Balaban J connectivity index is 0. The first-order chi connectivity index (χ1) is 10.9. The van der Waals surface area contributed by atoms with E-state index >= 15 is 0 Å². The zero-order valence-electron chi connectivity index (χ0n) is 13.8. The van der Waals surface area contributed by atoms with E-state index in [1.807, 2.05) is 18.6 Å². The number of hydrogen-bond acceptors (Lipinski definition) is 3. The predicted molar refractivity (Wildman–Crippen MR) is 110 cm³/mol. The van der Waals surface area contributed by atoms with E-state index in [-0.39, 0.29) is 39.8 Å². The second-order valence-corrected chi connectivity index (χ2v) is 7.89.